The molecule has 37 heavy (non-hydrogen) atoms. The molecular formula is C26H31Cl2N5O4. The van der Waals surface area contributed by atoms with Gasteiger partial charge in [0, 0.05) is 61.4 Å². The summed E-state index contributed by atoms with van der Waals surface area (Å²) in [6, 6.07) is 5.88. The van der Waals surface area contributed by atoms with E-state index in [1.807, 2.05) is 18.3 Å². The Kier molecular flexibility index (Phi) is 8.36. The monoisotopic (exact) mass is 547 g/mol. The largest absolute Gasteiger partial charge is 0.495 e. The van der Waals surface area contributed by atoms with Crippen LogP contribution in [0.3, 0.4) is 0 Å². The van der Waals surface area contributed by atoms with Crippen molar-refractivity contribution in [1.82, 2.24) is 14.9 Å². The second-order valence-electron chi connectivity index (χ2n) is 9.02. The number of fused-ring (bicyclic) bond motifs is 1. The van der Waals surface area contributed by atoms with Crippen LogP contribution in [0, 0.1) is 0 Å². The fraction of sp³-hybridized carbons (Fsp3) is 0.462. The van der Waals surface area contributed by atoms with Crippen molar-refractivity contribution in [2.24, 2.45) is 0 Å². The molecule has 3 aromatic rings. The molecule has 2 N–H and O–H groups in total. The molecule has 1 unspecified atom stereocenters. The molecule has 0 spiro atoms. The molecule has 0 radical (unpaired) electrons. The summed E-state index contributed by atoms with van der Waals surface area (Å²) in [5.41, 5.74) is 1.14. The lowest BCUT2D eigenvalue weighted by Gasteiger charge is -2.26. The molecule has 2 fully saturated rings. The summed E-state index contributed by atoms with van der Waals surface area (Å²) in [7, 11) is 3.11. The molecular weight excluding hydrogens is 517 g/mol. The first-order chi connectivity index (χ1) is 18.1. The fourth-order valence-electron chi connectivity index (χ4n) is 4.61. The van der Waals surface area contributed by atoms with E-state index in [9.17, 15) is 0 Å². The van der Waals surface area contributed by atoms with Gasteiger partial charge in [0.1, 0.15) is 23.1 Å². The second kappa shape index (κ2) is 11.9. The number of rotatable bonds is 9. The topological polar surface area (TPSA) is 90.0 Å². The molecule has 9 nitrogen and oxygen atoms in total. The first-order valence-corrected chi connectivity index (χ1v) is 13.1. The van der Waals surface area contributed by atoms with E-state index in [0.29, 0.717) is 39.4 Å². The number of aromatic nitrogens is 2. The van der Waals surface area contributed by atoms with Gasteiger partial charge in [0.25, 0.3) is 0 Å². The van der Waals surface area contributed by atoms with Gasteiger partial charge in [-0.3, -0.25) is 4.90 Å². The molecule has 0 saturated carbocycles. The van der Waals surface area contributed by atoms with Gasteiger partial charge in [0.15, 0.2) is 0 Å². The third-order valence-electron chi connectivity index (χ3n) is 6.65. The quantitative estimate of drug-likeness (QED) is 0.399. The number of anilines is 2. The van der Waals surface area contributed by atoms with Gasteiger partial charge in [0.05, 0.1) is 55.8 Å². The van der Waals surface area contributed by atoms with Crippen molar-refractivity contribution < 1.29 is 18.9 Å². The average Bonchev–Trinajstić information content (AvgIpc) is 3.43. The van der Waals surface area contributed by atoms with E-state index in [1.165, 1.54) is 0 Å². The molecule has 1 aromatic carbocycles. The van der Waals surface area contributed by atoms with Crippen LogP contribution in [0.25, 0.3) is 22.0 Å². The summed E-state index contributed by atoms with van der Waals surface area (Å²) in [4.78, 5) is 12.0. The Morgan fingerprint density at radius 2 is 1.78 bits per heavy atom. The van der Waals surface area contributed by atoms with Gasteiger partial charge in [-0.1, -0.05) is 23.2 Å². The zero-order valence-electron chi connectivity index (χ0n) is 21.0. The number of halogens is 2. The number of nitrogens with one attached hydrogen (secondary N) is 2. The maximum atomic E-state index is 6.73. The van der Waals surface area contributed by atoms with Crippen LogP contribution in [0.1, 0.15) is 6.42 Å². The van der Waals surface area contributed by atoms with E-state index in [0.717, 1.165) is 74.8 Å². The third-order valence-corrected chi connectivity index (χ3v) is 7.40. The predicted molar refractivity (Wildman–Crippen MR) is 147 cm³/mol. The normalized spacial score (nSPS) is 18.2. The Hall–Kier alpha value is -2.56. The summed E-state index contributed by atoms with van der Waals surface area (Å²) in [6.45, 7) is 6.40. The molecule has 2 saturated heterocycles. The molecule has 11 heteroatoms. The van der Waals surface area contributed by atoms with Crippen molar-refractivity contribution in [3.63, 3.8) is 0 Å². The van der Waals surface area contributed by atoms with E-state index < -0.39 is 0 Å². The molecule has 198 valence electrons. The van der Waals surface area contributed by atoms with Crippen molar-refractivity contribution in [1.29, 1.82) is 0 Å². The lowest BCUT2D eigenvalue weighted by atomic mass is 10.1. The van der Waals surface area contributed by atoms with Crippen LogP contribution < -0.4 is 20.1 Å². The highest BCUT2D eigenvalue weighted by atomic mass is 35.5. The number of pyridine rings is 2. The maximum Gasteiger partial charge on any atom is 0.141 e. The van der Waals surface area contributed by atoms with E-state index >= 15 is 0 Å². The van der Waals surface area contributed by atoms with Crippen molar-refractivity contribution in [2.75, 3.05) is 77.5 Å². The van der Waals surface area contributed by atoms with Crippen LogP contribution in [0.2, 0.25) is 10.0 Å². The number of methoxy groups -OCH3 is 2. The summed E-state index contributed by atoms with van der Waals surface area (Å²) < 4.78 is 21.9. The molecule has 2 aromatic heterocycles. The first kappa shape index (κ1) is 26.1. The van der Waals surface area contributed by atoms with Gasteiger partial charge in [-0.05, 0) is 18.6 Å². The van der Waals surface area contributed by atoms with Crippen LogP contribution in [0.4, 0.5) is 11.6 Å². The second-order valence-corrected chi connectivity index (χ2v) is 9.77. The maximum absolute atomic E-state index is 6.73. The van der Waals surface area contributed by atoms with E-state index in [4.69, 9.17) is 47.1 Å². The van der Waals surface area contributed by atoms with Crippen LogP contribution in [-0.2, 0) is 9.47 Å². The lowest BCUT2D eigenvalue weighted by Crippen LogP contribution is -2.39. The summed E-state index contributed by atoms with van der Waals surface area (Å²) in [5.74, 6) is 2.42. The van der Waals surface area contributed by atoms with Crippen LogP contribution >= 0.6 is 23.2 Å². The molecule has 1 atom stereocenters. The van der Waals surface area contributed by atoms with Gasteiger partial charge in [-0.25, -0.2) is 9.97 Å². The van der Waals surface area contributed by atoms with Crippen LogP contribution in [0.5, 0.6) is 11.5 Å². The van der Waals surface area contributed by atoms with Gasteiger partial charge in [-0.2, -0.15) is 0 Å². The van der Waals surface area contributed by atoms with Crippen LogP contribution in [-0.4, -0.2) is 87.7 Å². The van der Waals surface area contributed by atoms with E-state index in [2.05, 4.69) is 20.5 Å². The minimum absolute atomic E-state index is 0.247. The van der Waals surface area contributed by atoms with E-state index in [-0.39, 0.29) is 6.04 Å². The third kappa shape index (κ3) is 5.81. The van der Waals surface area contributed by atoms with Gasteiger partial charge >= 0.3 is 0 Å². The first-order valence-electron chi connectivity index (χ1n) is 12.4. The Morgan fingerprint density at radius 3 is 2.46 bits per heavy atom. The standard InChI is InChI=1S/C26H31Cl2N5O4/c1-34-20-13-21(35-2)25(28)23(24(20)27)19-11-16-14-30-22(31-17-3-8-37-15-17)12-18(16)26(32-19)29-4-5-33-6-9-36-10-7-33/h11-14,17H,3-10,15H2,1-2H3,(H,29,32)(H,30,31). The van der Waals surface area contributed by atoms with Crippen molar-refractivity contribution in [2.45, 2.75) is 12.5 Å². The zero-order valence-corrected chi connectivity index (χ0v) is 22.5. The highest BCUT2D eigenvalue weighted by Gasteiger charge is 2.22. The molecule has 5 rings (SSSR count). The average molecular weight is 548 g/mol. The molecule has 2 aliphatic heterocycles. The molecule has 0 aliphatic carbocycles. The van der Waals surface area contributed by atoms with Crippen LogP contribution in [0.15, 0.2) is 24.4 Å². The Bertz CT molecular complexity index is 1220. The lowest BCUT2D eigenvalue weighted by molar-refractivity contribution is 0.0398. The Balaban J connectivity index is 1.53. The van der Waals surface area contributed by atoms with Crippen molar-refractivity contribution in [3.8, 4) is 22.8 Å². The number of hydrogen-bond acceptors (Lipinski definition) is 9. The number of benzene rings is 1. The fourth-order valence-corrected chi connectivity index (χ4v) is 5.31. The molecule has 0 bridgehead atoms. The highest BCUT2D eigenvalue weighted by Crippen LogP contribution is 2.46. The minimum atomic E-state index is 0.247. The van der Waals surface area contributed by atoms with Gasteiger partial charge in [0.2, 0.25) is 0 Å². The number of nitrogens with zero attached hydrogens (tertiary/aromatic N) is 3. The molecule has 2 aliphatic rings. The summed E-state index contributed by atoms with van der Waals surface area (Å²) in [6.07, 6.45) is 2.79. The minimum Gasteiger partial charge on any atom is -0.495 e. The summed E-state index contributed by atoms with van der Waals surface area (Å²) in [5, 5.41) is 9.60. The molecule has 4 heterocycles. The zero-order chi connectivity index (χ0) is 25.8. The Morgan fingerprint density at radius 1 is 1.03 bits per heavy atom. The SMILES string of the molecule is COc1cc(OC)c(Cl)c(-c2cc3cnc(NC4CCOC4)cc3c(NCCN3CCOCC3)n2)c1Cl. The number of ether oxygens (including phenoxy) is 4. The number of hydrogen-bond donors (Lipinski definition) is 2. The van der Waals surface area contributed by atoms with E-state index in [1.54, 1.807) is 20.3 Å². The Labute approximate surface area is 226 Å². The number of morpholine rings is 1. The van der Waals surface area contributed by atoms with Gasteiger partial charge in [-0.15, -0.1) is 0 Å². The summed E-state index contributed by atoms with van der Waals surface area (Å²) >= 11 is 13.5. The van der Waals surface area contributed by atoms with Crippen molar-refractivity contribution in [3.05, 3.63) is 34.4 Å². The highest BCUT2D eigenvalue weighted by molar-refractivity contribution is 6.41. The molecule has 0 amide bonds. The van der Waals surface area contributed by atoms with Crippen molar-refractivity contribution >= 4 is 45.6 Å². The van der Waals surface area contributed by atoms with Gasteiger partial charge < -0.3 is 29.6 Å². The predicted octanol–water partition coefficient (Wildman–Crippen LogP) is 4.57. The smallest absolute Gasteiger partial charge is 0.141 e.